The molecule has 0 aliphatic carbocycles. The highest BCUT2D eigenvalue weighted by Gasteiger charge is 2.28. The zero-order valence-corrected chi connectivity index (χ0v) is 16.7. The first-order valence-electron chi connectivity index (χ1n) is 8.31. The lowest BCUT2D eigenvalue weighted by Crippen LogP contribution is -2.46. The van der Waals surface area contributed by atoms with E-state index in [1.165, 1.54) is 22.5 Å². The third kappa shape index (κ3) is 4.55. The van der Waals surface area contributed by atoms with Gasteiger partial charge in [0.25, 0.3) is 5.91 Å². The average molecular weight is 385 g/mol. The van der Waals surface area contributed by atoms with Crippen molar-refractivity contribution in [3.8, 4) is 12.3 Å². The number of nitrogens with zero attached hydrogens (tertiary/aromatic N) is 1. The summed E-state index contributed by atoms with van der Waals surface area (Å²) in [4.78, 5) is 12.5. The zero-order valence-electron chi connectivity index (χ0n) is 15.1. The number of amides is 1. The SMILES string of the molecule is C#CC(CC)(CC)NC(=O)c1ccc(Cl)c(S(=O)(=O)N(CC)CC)c1. The number of hydrogen-bond donors (Lipinski definition) is 1. The van der Waals surface area contributed by atoms with Crippen molar-refractivity contribution in [2.24, 2.45) is 0 Å². The fraction of sp³-hybridized carbons (Fsp3) is 0.500. The van der Waals surface area contributed by atoms with E-state index in [9.17, 15) is 13.2 Å². The average Bonchev–Trinajstić information content (AvgIpc) is 2.60. The maximum Gasteiger partial charge on any atom is 0.252 e. The molecule has 0 radical (unpaired) electrons. The Morgan fingerprint density at radius 1 is 1.24 bits per heavy atom. The van der Waals surface area contributed by atoms with Crippen LogP contribution in [-0.2, 0) is 10.0 Å². The lowest BCUT2D eigenvalue weighted by molar-refractivity contribution is 0.0916. The fourth-order valence-electron chi connectivity index (χ4n) is 2.50. The van der Waals surface area contributed by atoms with Gasteiger partial charge in [0.1, 0.15) is 10.4 Å². The van der Waals surface area contributed by atoms with Crippen molar-refractivity contribution >= 4 is 27.5 Å². The summed E-state index contributed by atoms with van der Waals surface area (Å²) in [5.41, 5.74) is -0.550. The fourth-order valence-corrected chi connectivity index (χ4v) is 4.46. The molecule has 0 fully saturated rings. The van der Waals surface area contributed by atoms with Gasteiger partial charge < -0.3 is 5.32 Å². The summed E-state index contributed by atoms with van der Waals surface area (Å²) in [6, 6.07) is 4.21. The van der Waals surface area contributed by atoms with Crippen LogP contribution in [0, 0.1) is 12.3 Å². The molecule has 1 aromatic rings. The molecule has 0 aliphatic heterocycles. The van der Waals surface area contributed by atoms with Crippen LogP contribution in [-0.4, -0.2) is 37.3 Å². The summed E-state index contributed by atoms with van der Waals surface area (Å²) < 4.78 is 26.7. The topological polar surface area (TPSA) is 66.5 Å². The molecular weight excluding hydrogens is 360 g/mol. The molecule has 0 aliphatic rings. The zero-order chi connectivity index (χ0) is 19.3. The third-order valence-electron chi connectivity index (χ3n) is 4.35. The lowest BCUT2D eigenvalue weighted by atomic mass is 9.93. The highest BCUT2D eigenvalue weighted by molar-refractivity contribution is 7.89. The molecule has 0 atom stereocenters. The van der Waals surface area contributed by atoms with Crippen LogP contribution in [0.25, 0.3) is 0 Å². The van der Waals surface area contributed by atoms with Gasteiger partial charge in [-0.25, -0.2) is 8.42 Å². The third-order valence-corrected chi connectivity index (χ3v) is 6.88. The second kappa shape index (κ2) is 8.70. The van der Waals surface area contributed by atoms with E-state index in [1.54, 1.807) is 13.8 Å². The lowest BCUT2D eigenvalue weighted by Gasteiger charge is -2.27. The second-order valence-corrected chi connectivity index (χ2v) is 7.94. The van der Waals surface area contributed by atoms with Crippen LogP contribution in [0.1, 0.15) is 50.9 Å². The standard InChI is InChI=1S/C18H25ClN2O3S/c1-6-18(7-2,8-3)20-17(22)14-11-12-15(19)16(13-14)25(23,24)21(9-4)10-5/h1,11-13H,7-10H2,2-5H3,(H,20,22). The highest BCUT2D eigenvalue weighted by Crippen LogP contribution is 2.26. The Morgan fingerprint density at radius 3 is 2.24 bits per heavy atom. The van der Waals surface area contributed by atoms with Gasteiger partial charge in [0.15, 0.2) is 0 Å². The smallest absolute Gasteiger partial charge is 0.252 e. The van der Waals surface area contributed by atoms with E-state index in [4.69, 9.17) is 18.0 Å². The predicted molar refractivity (Wildman–Crippen MR) is 101 cm³/mol. The van der Waals surface area contributed by atoms with Crippen LogP contribution in [0.2, 0.25) is 5.02 Å². The summed E-state index contributed by atoms with van der Waals surface area (Å²) in [5.74, 6) is 2.20. The van der Waals surface area contributed by atoms with Crippen LogP contribution in [0.5, 0.6) is 0 Å². The van der Waals surface area contributed by atoms with E-state index in [0.29, 0.717) is 25.9 Å². The molecule has 1 rings (SSSR count). The van der Waals surface area contributed by atoms with Gasteiger partial charge >= 0.3 is 0 Å². The van der Waals surface area contributed by atoms with Gasteiger partial charge in [-0.15, -0.1) is 6.42 Å². The van der Waals surface area contributed by atoms with Crippen LogP contribution < -0.4 is 5.32 Å². The Balaban J connectivity index is 3.31. The molecule has 0 aromatic heterocycles. The summed E-state index contributed by atoms with van der Waals surface area (Å²) in [7, 11) is -3.77. The molecule has 0 saturated carbocycles. The van der Waals surface area contributed by atoms with Crippen LogP contribution in [0.4, 0.5) is 0 Å². The van der Waals surface area contributed by atoms with Gasteiger partial charge in [0, 0.05) is 18.7 Å². The number of terminal acetylenes is 1. The number of rotatable bonds is 8. The van der Waals surface area contributed by atoms with Gasteiger partial charge in [-0.2, -0.15) is 4.31 Å². The van der Waals surface area contributed by atoms with Gasteiger partial charge in [0.05, 0.1) is 5.02 Å². The number of hydrogen-bond acceptors (Lipinski definition) is 3. The van der Waals surface area contributed by atoms with E-state index in [0.717, 1.165) is 0 Å². The van der Waals surface area contributed by atoms with Crippen LogP contribution in [0.3, 0.4) is 0 Å². The number of carbonyl (C=O) groups is 1. The van der Waals surface area contributed by atoms with E-state index in [1.807, 2.05) is 13.8 Å². The Labute approximate surface area is 155 Å². The number of carbonyl (C=O) groups excluding carboxylic acids is 1. The van der Waals surface area contributed by atoms with E-state index >= 15 is 0 Å². The molecule has 1 amide bonds. The van der Waals surface area contributed by atoms with Gasteiger partial charge in [0.2, 0.25) is 10.0 Å². The Morgan fingerprint density at radius 2 is 1.80 bits per heavy atom. The largest absolute Gasteiger partial charge is 0.336 e. The molecule has 0 saturated heterocycles. The normalized spacial score (nSPS) is 12.0. The van der Waals surface area contributed by atoms with E-state index < -0.39 is 21.5 Å². The van der Waals surface area contributed by atoms with Crippen molar-refractivity contribution in [1.29, 1.82) is 0 Å². The van der Waals surface area contributed by atoms with Crippen molar-refractivity contribution < 1.29 is 13.2 Å². The second-order valence-electron chi connectivity index (χ2n) is 5.62. The maximum absolute atomic E-state index is 12.7. The van der Waals surface area contributed by atoms with Crippen LogP contribution >= 0.6 is 11.6 Å². The predicted octanol–water partition coefficient (Wildman–Crippen LogP) is 3.29. The van der Waals surface area contributed by atoms with Crippen molar-refractivity contribution in [2.45, 2.75) is 51.0 Å². The number of halogens is 1. The van der Waals surface area contributed by atoms with Gasteiger partial charge in [-0.05, 0) is 31.0 Å². The molecule has 0 unspecified atom stereocenters. The molecule has 7 heteroatoms. The number of nitrogens with one attached hydrogen (secondary N) is 1. The Hall–Kier alpha value is -1.55. The molecule has 1 N–H and O–H groups in total. The molecule has 0 bridgehead atoms. The number of sulfonamides is 1. The monoisotopic (exact) mass is 384 g/mol. The molecular formula is C18H25ClN2O3S. The summed E-state index contributed by atoms with van der Waals surface area (Å²) in [5, 5.41) is 2.91. The van der Waals surface area contributed by atoms with Gasteiger partial charge in [-0.1, -0.05) is 45.2 Å². The van der Waals surface area contributed by atoms with Crippen LogP contribution in [0.15, 0.2) is 23.1 Å². The molecule has 0 spiro atoms. The quantitative estimate of drug-likeness (QED) is 0.699. The van der Waals surface area contributed by atoms with Gasteiger partial charge in [-0.3, -0.25) is 4.79 Å². The Bertz CT molecular complexity index is 761. The van der Waals surface area contributed by atoms with E-state index in [2.05, 4.69) is 11.2 Å². The Kier molecular flexibility index (Phi) is 7.48. The maximum atomic E-state index is 12.7. The highest BCUT2D eigenvalue weighted by atomic mass is 35.5. The molecule has 5 nitrogen and oxygen atoms in total. The first-order chi connectivity index (χ1) is 11.7. The minimum atomic E-state index is -3.77. The van der Waals surface area contributed by atoms with Crippen molar-refractivity contribution in [3.05, 3.63) is 28.8 Å². The van der Waals surface area contributed by atoms with E-state index in [-0.39, 0.29) is 15.5 Å². The minimum Gasteiger partial charge on any atom is -0.336 e. The summed E-state index contributed by atoms with van der Waals surface area (Å²) >= 11 is 6.09. The van der Waals surface area contributed by atoms with Crippen molar-refractivity contribution in [2.75, 3.05) is 13.1 Å². The molecule has 138 valence electrons. The number of benzene rings is 1. The molecule has 0 heterocycles. The summed E-state index contributed by atoms with van der Waals surface area (Å²) in [6.07, 6.45) is 6.71. The first-order valence-corrected chi connectivity index (χ1v) is 10.1. The molecule has 1 aromatic carbocycles. The van der Waals surface area contributed by atoms with Crippen molar-refractivity contribution in [3.63, 3.8) is 0 Å². The minimum absolute atomic E-state index is 0.0789. The molecule has 25 heavy (non-hydrogen) atoms. The summed E-state index contributed by atoms with van der Waals surface area (Å²) in [6.45, 7) is 7.91. The first kappa shape index (κ1) is 21.5. The van der Waals surface area contributed by atoms with Crippen molar-refractivity contribution in [1.82, 2.24) is 9.62 Å².